The zero-order valence-electron chi connectivity index (χ0n) is 17.0. The van der Waals surface area contributed by atoms with Crippen molar-refractivity contribution in [3.8, 4) is 16.3 Å². The lowest BCUT2D eigenvalue weighted by molar-refractivity contribution is -0.118. The number of aryl methyl sites for hydroxylation is 4. The van der Waals surface area contributed by atoms with Gasteiger partial charge in [-0.1, -0.05) is 22.9 Å². The largest absolute Gasteiger partial charge is 0.484 e. The Kier molecular flexibility index (Phi) is 5.44. The normalized spacial score (nSPS) is 11.1. The Morgan fingerprint density at radius 1 is 1.10 bits per heavy atom. The van der Waals surface area contributed by atoms with Gasteiger partial charge >= 0.3 is 0 Å². The fourth-order valence-electron chi connectivity index (χ4n) is 3.09. The number of halogens is 1. The third-order valence-corrected chi connectivity index (χ3v) is 6.22. The molecule has 2 aromatic heterocycles. The minimum absolute atomic E-state index is 0.0857. The molecule has 1 N–H and O–H groups in total. The maximum Gasteiger partial charge on any atom is 0.262 e. The standard InChI is InChI=1S/C21H20ClN5O2S/c1-11-7-15(20-26-27-14(4)24-25-21(27)30-20)5-6-17(11)23-18(28)10-29-16-8-12(2)19(22)13(3)9-16/h5-9H,10H2,1-4H3,(H,23,28). The number of rotatable bonds is 5. The summed E-state index contributed by atoms with van der Waals surface area (Å²) in [5.74, 6) is 1.14. The van der Waals surface area contributed by atoms with Gasteiger partial charge in [-0.2, -0.15) is 9.61 Å². The van der Waals surface area contributed by atoms with Crippen LogP contribution in [0, 0.1) is 27.7 Å². The zero-order chi connectivity index (χ0) is 21.4. The Balaban J connectivity index is 1.43. The number of fused-ring (bicyclic) bond motifs is 1. The van der Waals surface area contributed by atoms with E-state index in [9.17, 15) is 4.79 Å². The van der Waals surface area contributed by atoms with E-state index in [1.165, 1.54) is 11.3 Å². The zero-order valence-corrected chi connectivity index (χ0v) is 18.6. The van der Waals surface area contributed by atoms with Crippen LogP contribution in [0.25, 0.3) is 15.5 Å². The van der Waals surface area contributed by atoms with E-state index in [0.29, 0.717) is 10.8 Å². The molecule has 0 aliphatic rings. The summed E-state index contributed by atoms with van der Waals surface area (Å²) >= 11 is 7.64. The van der Waals surface area contributed by atoms with E-state index in [2.05, 4.69) is 20.6 Å². The number of hydrogen-bond acceptors (Lipinski definition) is 6. The first-order chi connectivity index (χ1) is 14.3. The molecule has 0 unspecified atom stereocenters. The summed E-state index contributed by atoms with van der Waals surface area (Å²) in [5, 5.41) is 17.1. The molecular weight excluding hydrogens is 422 g/mol. The van der Waals surface area contributed by atoms with Crippen molar-refractivity contribution < 1.29 is 9.53 Å². The van der Waals surface area contributed by atoms with Crippen LogP contribution in [0.3, 0.4) is 0 Å². The van der Waals surface area contributed by atoms with Crippen LogP contribution in [0.15, 0.2) is 30.3 Å². The van der Waals surface area contributed by atoms with Crippen molar-refractivity contribution in [3.05, 3.63) is 57.9 Å². The molecule has 0 aliphatic carbocycles. The fraction of sp³-hybridized carbons (Fsp3) is 0.238. The van der Waals surface area contributed by atoms with E-state index in [1.807, 2.05) is 58.0 Å². The SMILES string of the molecule is Cc1cc(-c2nn3c(C)nnc3s2)ccc1NC(=O)COc1cc(C)c(Cl)c(C)c1. The molecule has 0 radical (unpaired) electrons. The smallest absolute Gasteiger partial charge is 0.262 e. The van der Waals surface area contributed by atoms with Gasteiger partial charge in [0.1, 0.15) is 10.8 Å². The highest BCUT2D eigenvalue weighted by molar-refractivity contribution is 7.19. The third kappa shape index (κ3) is 4.01. The van der Waals surface area contributed by atoms with Crippen molar-refractivity contribution in [2.24, 2.45) is 0 Å². The Hall–Kier alpha value is -2.97. The van der Waals surface area contributed by atoms with E-state index >= 15 is 0 Å². The van der Waals surface area contributed by atoms with Crippen molar-refractivity contribution in [2.45, 2.75) is 27.7 Å². The number of ether oxygens (including phenoxy) is 1. The minimum Gasteiger partial charge on any atom is -0.484 e. The second-order valence-electron chi connectivity index (χ2n) is 7.09. The summed E-state index contributed by atoms with van der Waals surface area (Å²) in [6.07, 6.45) is 0. The molecule has 0 aliphatic heterocycles. The van der Waals surface area contributed by atoms with E-state index in [-0.39, 0.29) is 12.5 Å². The van der Waals surface area contributed by atoms with E-state index in [4.69, 9.17) is 16.3 Å². The van der Waals surface area contributed by atoms with Gasteiger partial charge in [-0.25, -0.2) is 0 Å². The van der Waals surface area contributed by atoms with Crippen LogP contribution < -0.4 is 10.1 Å². The maximum atomic E-state index is 12.4. The summed E-state index contributed by atoms with van der Waals surface area (Å²) in [6, 6.07) is 9.43. The Labute approximate surface area is 182 Å². The van der Waals surface area contributed by atoms with Crippen molar-refractivity contribution >= 4 is 39.5 Å². The molecule has 4 aromatic rings. The van der Waals surface area contributed by atoms with Gasteiger partial charge in [-0.3, -0.25) is 4.79 Å². The predicted octanol–water partition coefficient (Wildman–Crippen LogP) is 4.76. The minimum atomic E-state index is -0.231. The molecule has 0 fully saturated rings. The predicted molar refractivity (Wildman–Crippen MR) is 119 cm³/mol. The summed E-state index contributed by atoms with van der Waals surface area (Å²) in [5.41, 5.74) is 4.46. The first-order valence-corrected chi connectivity index (χ1v) is 10.5. The number of carbonyl (C=O) groups is 1. The van der Waals surface area contributed by atoms with Gasteiger partial charge in [0.05, 0.1) is 0 Å². The molecule has 2 aromatic carbocycles. The second-order valence-corrected chi connectivity index (χ2v) is 8.42. The highest BCUT2D eigenvalue weighted by Crippen LogP contribution is 2.29. The number of benzene rings is 2. The number of nitrogens with one attached hydrogen (secondary N) is 1. The highest BCUT2D eigenvalue weighted by atomic mass is 35.5. The molecule has 0 spiro atoms. The van der Waals surface area contributed by atoms with E-state index in [0.717, 1.165) is 43.7 Å². The molecule has 1 amide bonds. The van der Waals surface area contributed by atoms with Crippen molar-refractivity contribution in [1.82, 2.24) is 19.8 Å². The van der Waals surface area contributed by atoms with Gasteiger partial charge in [0.15, 0.2) is 12.4 Å². The lowest BCUT2D eigenvalue weighted by atomic mass is 10.1. The van der Waals surface area contributed by atoms with Crippen LogP contribution in [0.4, 0.5) is 5.69 Å². The quantitative estimate of drug-likeness (QED) is 0.483. The lowest BCUT2D eigenvalue weighted by Gasteiger charge is -2.12. The van der Waals surface area contributed by atoms with E-state index in [1.54, 1.807) is 4.52 Å². The van der Waals surface area contributed by atoms with Crippen LogP contribution in [-0.2, 0) is 4.79 Å². The van der Waals surface area contributed by atoms with Gasteiger partial charge in [0, 0.05) is 16.3 Å². The molecule has 0 atom stereocenters. The Bertz CT molecular complexity index is 1240. The van der Waals surface area contributed by atoms with Crippen LogP contribution >= 0.6 is 22.9 Å². The number of nitrogens with zero attached hydrogens (tertiary/aromatic N) is 4. The van der Waals surface area contributed by atoms with Crippen molar-refractivity contribution in [1.29, 1.82) is 0 Å². The average Bonchev–Trinajstić information content (AvgIpc) is 3.28. The molecule has 2 heterocycles. The third-order valence-electron chi connectivity index (χ3n) is 4.67. The monoisotopic (exact) mass is 441 g/mol. The topological polar surface area (TPSA) is 81.4 Å². The van der Waals surface area contributed by atoms with Gasteiger partial charge in [-0.15, -0.1) is 10.2 Å². The molecule has 0 saturated heterocycles. The summed E-state index contributed by atoms with van der Waals surface area (Å²) in [6.45, 7) is 7.53. The van der Waals surface area contributed by atoms with Crippen LogP contribution in [-0.4, -0.2) is 32.3 Å². The lowest BCUT2D eigenvalue weighted by Crippen LogP contribution is -2.20. The molecule has 154 valence electrons. The van der Waals surface area contributed by atoms with Gasteiger partial charge in [0.25, 0.3) is 5.91 Å². The average molecular weight is 442 g/mol. The number of hydrogen-bond donors (Lipinski definition) is 1. The van der Waals surface area contributed by atoms with Crippen molar-refractivity contribution in [3.63, 3.8) is 0 Å². The number of carbonyl (C=O) groups excluding carboxylic acids is 1. The fourth-order valence-corrected chi connectivity index (χ4v) is 4.08. The maximum absolute atomic E-state index is 12.4. The summed E-state index contributed by atoms with van der Waals surface area (Å²) in [7, 11) is 0. The molecule has 0 bridgehead atoms. The summed E-state index contributed by atoms with van der Waals surface area (Å²) < 4.78 is 7.36. The van der Waals surface area contributed by atoms with Crippen LogP contribution in [0.5, 0.6) is 5.75 Å². The number of aromatic nitrogens is 4. The highest BCUT2D eigenvalue weighted by Gasteiger charge is 2.13. The summed E-state index contributed by atoms with van der Waals surface area (Å²) in [4.78, 5) is 13.1. The molecule has 30 heavy (non-hydrogen) atoms. The number of anilines is 1. The van der Waals surface area contributed by atoms with Gasteiger partial charge in [0.2, 0.25) is 4.96 Å². The molecule has 4 rings (SSSR count). The molecule has 9 heteroatoms. The number of amides is 1. The van der Waals surface area contributed by atoms with Gasteiger partial charge in [-0.05, 0) is 74.7 Å². The molecular formula is C21H20ClN5O2S. The first kappa shape index (κ1) is 20.3. The Morgan fingerprint density at radius 3 is 2.50 bits per heavy atom. The first-order valence-electron chi connectivity index (χ1n) is 9.31. The van der Waals surface area contributed by atoms with Crippen LogP contribution in [0.2, 0.25) is 5.02 Å². The second kappa shape index (κ2) is 8.04. The van der Waals surface area contributed by atoms with Crippen molar-refractivity contribution in [2.75, 3.05) is 11.9 Å². The van der Waals surface area contributed by atoms with Gasteiger partial charge < -0.3 is 10.1 Å². The Morgan fingerprint density at radius 2 is 1.83 bits per heavy atom. The van der Waals surface area contributed by atoms with Crippen LogP contribution in [0.1, 0.15) is 22.5 Å². The molecule has 7 nitrogen and oxygen atoms in total. The molecule has 0 saturated carbocycles. The van der Waals surface area contributed by atoms with E-state index < -0.39 is 0 Å².